The van der Waals surface area contributed by atoms with Gasteiger partial charge in [-0.3, -0.25) is 4.79 Å². The summed E-state index contributed by atoms with van der Waals surface area (Å²) >= 11 is 0. The molecule has 1 amide bonds. The Morgan fingerprint density at radius 1 is 0.369 bits per heavy atom. The van der Waals surface area contributed by atoms with Gasteiger partial charge in [0.2, 0.25) is 5.91 Å². The maximum absolute atomic E-state index is 12.5. The van der Waals surface area contributed by atoms with E-state index in [1.54, 1.807) is 0 Å². The van der Waals surface area contributed by atoms with Crippen LogP contribution < -0.4 is 5.32 Å². The predicted molar refractivity (Wildman–Crippen MR) is 287 cm³/mol. The van der Waals surface area contributed by atoms with E-state index in [0.29, 0.717) is 12.8 Å². The van der Waals surface area contributed by atoms with E-state index in [1.807, 2.05) is 0 Å². The summed E-state index contributed by atoms with van der Waals surface area (Å²) < 4.78 is 0. The number of nitrogens with one attached hydrogen (secondary N) is 1. The second-order valence-electron chi connectivity index (χ2n) is 20.5. The number of aliphatic hydroxyl groups is 3. The molecule has 0 aliphatic rings. The molecule has 0 rings (SSSR count). The Morgan fingerprint density at radius 3 is 0.892 bits per heavy atom. The second kappa shape index (κ2) is 55.4. The van der Waals surface area contributed by atoms with Gasteiger partial charge in [0.1, 0.15) is 6.10 Å². The molecular weight excluding hydrogens is 799 g/mol. The van der Waals surface area contributed by atoms with E-state index in [0.717, 1.165) is 38.5 Å². The number of hydrogen-bond acceptors (Lipinski definition) is 4. The number of rotatable bonds is 55. The fourth-order valence-corrected chi connectivity index (χ4v) is 9.46. The van der Waals surface area contributed by atoms with Crippen LogP contribution in [0.2, 0.25) is 0 Å². The van der Waals surface area contributed by atoms with Crippen LogP contribution in [0.3, 0.4) is 0 Å². The first-order chi connectivity index (χ1) is 32.1. The van der Waals surface area contributed by atoms with Gasteiger partial charge in [0.25, 0.3) is 0 Å². The van der Waals surface area contributed by atoms with E-state index in [2.05, 4.69) is 43.5 Å². The highest BCUT2D eigenvalue weighted by Gasteiger charge is 2.26. The predicted octanol–water partition coefficient (Wildman–Crippen LogP) is 18.5. The SMILES string of the molecule is CCCCCCCCCCCCCC/C=C\CCCCCCCCCCCCCCCCCC(=O)NC(CO)C(O)C(O)CCC/C=C/CCCCCCCCCCCCCCCCC. The van der Waals surface area contributed by atoms with Crippen molar-refractivity contribution < 1.29 is 20.1 Å². The third-order valence-corrected chi connectivity index (χ3v) is 14.0. The van der Waals surface area contributed by atoms with E-state index in [9.17, 15) is 20.1 Å². The maximum atomic E-state index is 12.5. The maximum Gasteiger partial charge on any atom is 0.220 e. The molecule has 0 heterocycles. The normalized spacial score (nSPS) is 13.4. The second-order valence-corrected chi connectivity index (χ2v) is 20.5. The number of hydrogen-bond donors (Lipinski definition) is 4. The quantitative estimate of drug-likeness (QED) is 0.0361. The Morgan fingerprint density at radius 2 is 0.615 bits per heavy atom. The summed E-state index contributed by atoms with van der Waals surface area (Å²) in [6.07, 6.45) is 70.6. The summed E-state index contributed by atoms with van der Waals surface area (Å²) in [4.78, 5) is 12.5. The molecule has 0 aliphatic heterocycles. The standard InChI is InChI=1S/C60H117NO4/c1-3-5-7-9-11-13-15-17-19-21-23-25-26-27-28-29-30-31-32-33-34-35-37-39-41-43-45-47-49-51-53-55-59(64)61-57(56-62)60(65)58(63)54-52-50-48-46-44-42-40-38-36-24-22-20-18-16-14-12-10-8-6-4-2/h27-28,46,48,57-58,60,62-63,65H,3-26,29-45,47,49-56H2,1-2H3,(H,61,64)/b28-27-,48-46+. The first-order valence-electron chi connectivity index (χ1n) is 29.6. The molecule has 0 radical (unpaired) electrons. The van der Waals surface area contributed by atoms with Gasteiger partial charge in [-0.1, -0.05) is 282 Å². The third-order valence-electron chi connectivity index (χ3n) is 14.0. The molecule has 3 unspecified atom stereocenters. The fraction of sp³-hybridized carbons (Fsp3) is 0.917. The Labute approximate surface area is 407 Å². The number of allylic oxidation sites excluding steroid dienone is 4. The first-order valence-corrected chi connectivity index (χ1v) is 29.6. The van der Waals surface area contributed by atoms with Gasteiger partial charge in [0.05, 0.1) is 18.8 Å². The van der Waals surface area contributed by atoms with Crippen molar-refractivity contribution in [1.29, 1.82) is 0 Å². The molecule has 4 N–H and O–H groups in total. The van der Waals surface area contributed by atoms with Crippen molar-refractivity contribution in [2.45, 2.75) is 347 Å². The first kappa shape index (κ1) is 63.8. The molecule has 3 atom stereocenters. The highest BCUT2D eigenvalue weighted by atomic mass is 16.3. The van der Waals surface area contributed by atoms with E-state index in [-0.39, 0.29) is 12.5 Å². The van der Waals surface area contributed by atoms with Crippen molar-refractivity contribution in [3.05, 3.63) is 24.3 Å². The Bertz CT molecular complexity index is 967. The van der Waals surface area contributed by atoms with Crippen molar-refractivity contribution in [2.24, 2.45) is 0 Å². The fourth-order valence-electron chi connectivity index (χ4n) is 9.46. The summed E-state index contributed by atoms with van der Waals surface area (Å²) in [6.45, 7) is 4.21. The smallest absolute Gasteiger partial charge is 0.220 e. The van der Waals surface area contributed by atoms with Gasteiger partial charge in [-0.15, -0.1) is 0 Å². The largest absolute Gasteiger partial charge is 0.394 e. The lowest BCUT2D eigenvalue weighted by atomic mass is 10.0. The minimum atomic E-state index is -1.16. The summed E-state index contributed by atoms with van der Waals surface area (Å²) in [7, 11) is 0. The van der Waals surface area contributed by atoms with Crippen molar-refractivity contribution >= 4 is 5.91 Å². The molecule has 0 aromatic rings. The van der Waals surface area contributed by atoms with Crippen molar-refractivity contribution in [3.8, 4) is 0 Å². The molecule has 0 saturated carbocycles. The number of aliphatic hydroxyl groups excluding tert-OH is 3. The number of carbonyl (C=O) groups excluding carboxylic acids is 1. The molecule has 0 aromatic heterocycles. The molecule has 5 heteroatoms. The van der Waals surface area contributed by atoms with Crippen LogP contribution in [0, 0.1) is 0 Å². The summed E-state index contributed by atoms with van der Waals surface area (Å²) in [5.41, 5.74) is 0. The van der Waals surface area contributed by atoms with Gasteiger partial charge in [0, 0.05) is 6.42 Å². The average molecular weight is 917 g/mol. The average Bonchev–Trinajstić information content (AvgIpc) is 3.31. The van der Waals surface area contributed by atoms with Gasteiger partial charge < -0.3 is 20.6 Å². The molecule has 0 saturated heterocycles. The summed E-state index contributed by atoms with van der Waals surface area (Å²) in [5.74, 6) is -0.149. The molecule has 0 bridgehead atoms. The molecule has 0 aliphatic carbocycles. The van der Waals surface area contributed by atoms with E-state index in [4.69, 9.17) is 0 Å². The molecule has 0 aromatic carbocycles. The number of carbonyl (C=O) groups is 1. The van der Waals surface area contributed by atoms with Crippen molar-refractivity contribution in [3.63, 3.8) is 0 Å². The molecule has 65 heavy (non-hydrogen) atoms. The van der Waals surface area contributed by atoms with E-state index < -0.39 is 18.2 Å². The van der Waals surface area contributed by atoms with Crippen LogP contribution in [-0.2, 0) is 4.79 Å². The minimum absolute atomic E-state index is 0.149. The van der Waals surface area contributed by atoms with Gasteiger partial charge in [-0.05, 0) is 64.2 Å². The molecule has 0 fully saturated rings. The van der Waals surface area contributed by atoms with Gasteiger partial charge >= 0.3 is 0 Å². The van der Waals surface area contributed by atoms with Crippen LogP contribution in [0.15, 0.2) is 24.3 Å². The molecule has 386 valence electrons. The minimum Gasteiger partial charge on any atom is -0.394 e. The van der Waals surface area contributed by atoms with Crippen LogP contribution in [0.25, 0.3) is 0 Å². The van der Waals surface area contributed by atoms with Crippen LogP contribution >= 0.6 is 0 Å². The van der Waals surface area contributed by atoms with Gasteiger partial charge in [-0.25, -0.2) is 0 Å². The van der Waals surface area contributed by atoms with Crippen molar-refractivity contribution in [2.75, 3.05) is 6.61 Å². The zero-order valence-corrected chi connectivity index (χ0v) is 44.1. The Kier molecular flexibility index (Phi) is 54.4. The highest BCUT2D eigenvalue weighted by Crippen LogP contribution is 2.18. The van der Waals surface area contributed by atoms with Gasteiger partial charge in [0.15, 0.2) is 0 Å². The van der Waals surface area contributed by atoms with Crippen LogP contribution in [0.1, 0.15) is 328 Å². The van der Waals surface area contributed by atoms with Crippen LogP contribution in [-0.4, -0.2) is 46.1 Å². The van der Waals surface area contributed by atoms with E-state index in [1.165, 1.54) is 263 Å². The lowest BCUT2D eigenvalue weighted by Crippen LogP contribution is -2.50. The Hall–Kier alpha value is -1.17. The van der Waals surface area contributed by atoms with Crippen molar-refractivity contribution in [1.82, 2.24) is 5.32 Å². The summed E-state index contributed by atoms with van der Waals surface area (Å²) in [5, 5.41) is 33.8. The van der Waals surface area contributed by atoms with Crippen LogP contribution in [0.4, 0.5) is 0 Å². The monoisotopic (exact) mass is 916 g/mol. The topological polar surface area (TPSA) is 89.8 Å². The third kappa shape index (κ3) is 50.5. The summed E-state index contributed by atoms with van der Waals surface area (Å²) in [6, 6.07) is -0.825. The lowest BCUT2D eigenvalue weighted by molar-refractivity contribution is -0.124. The number of unbranched alkanes of at least 4 members (excludes halogenated alkanes) is 43. The highest BCUT2D eigenvalue weighted by molar-refractivity contribution is 5.76. The zero-order chi connectivity index (χ0) is 47.2. The molecule has 5 nitrogen and oxygen atoms in total. The molecule has 0 spiro atoms. The van der Waals surface area contributed by atoms with E-state index >= 15 is 0 Å². The lowest BCUT2D eigenvalue weighted by Gasteiger charge is -2.26. The van der Waals surface area contributed by atoms with Gasteiger partial charge in [-0.2, -0.15) is 0 Å². The molecular formula is C60H117NO4. The Balaban J connectivity index is 3.52. The van der Waals surface area contributed by atoms with Crippen LogP contribution in [0.5, 0.6) is 0 Å². The number of amides is 1. The zero-order valence-electron chi connectivity index (χ0n) is 44.1.